The summed E-state index contributed by atoms with van der Waals surface area (Å²) in [4.78, 5) is 8.31. The van der Waals surface area contributed by atoms with E-state index in [1.165, 1.54) is 0 Å². The van der Waals surface area contributed by atoms with Crippen molar-refractivity contribution < 1.29 is 9.47 Å². The molecule has 0 unspecified atom stereocenters. The van der Waals surface area contributed by atoms with Gasteiger partial charge in [-0.3, -0.25) is 4.99 Å². The molecular formula is C19H26ClIN4O2. The molecule has 0 saturated carbocycles. The maximum Gasteiger partial charge on any atom is 0.191 e. The Morgan fingerprint density at radius 2 is 1.81 bits per heavy atom. The van der Waals surface area contributed by atoms with Crippen LogP contribution in [0.2, 0.25) is 5.15 Å². The molecule has 1 aromatic carbocycles. The second kappa shape index (κ2) is 13.6. The minimum absolute atomic E-state index is 0. The topological polar surface area (TPSA) is 67.8 Å². The number of benzene rings is 1. The molecule has 2 aromatic rings. The quantitative estimate of drug-likeness (QED) is 0.180. The van der Waals surface area contributed by atoms with Crippen LogP contribution < -0.4 is 15.4 Å². The number of aromatic nitrogens is 1. The van der Waals surface area contributed by atoms with Gasteiger partial charge in [0.1, 0.15) is 17.5 Å². The molecule has 27 heavy (non-hydrogen) atoms. The van der Waals surface area contributed by atoms with Crippen molar-refractivity contribution in [2.75, 3.05) is 33.9 Å². The van der Waals surface area contributed by atoms with E-state index in [0.717, 1.165) is 35.8 Å². The molecule has 148 valence electrons. The lowest BCUT2D eigenvalue weighted by Gasteiger charge is -2.12. The molecule has 0 spiro atoms. The zero-order valence-electron chi connectivity index (χ0n) is 15.6. The number of aliphatic imine (C=N–C) groups is 1. The lowest BCUT2D eigenvalue weighted by atomic mass is 10.2. The molecule has 1 aromatic heterocycles. The smallest absolute Gasteiger partial charge is 0.191 e. The maximum atomic E-state index is 5.79. The largest absolute Gasteiger partial charge is 0.491 e. The van der Waals surface area contributed by atoms with E-state index in [1.54, 1.807) is 26.4 Å². The van der Waals surface area contributed by atoms with Gasteiger partial charge in [-0.05, 0) is 35.7 Å². The number of nitrogens with one attached hydrogen (secondary N) is 2. The summed E-state index contributed by atoms with van der Waals surface area (Å²) >= 11 is 5.79. The van der Waals surface area contributed by atoms with Crippen LogP contribution in [-0.4, -0.2) is 44.9 Å². The molecular weight excluding hydrogens is 479 g/mol. The molecule has 0 atom stereocenters. The Morgan fingerprint density at radius 3 is 2.44 bits per heavy atom. The highest BCUT2D eigenvalue weighted by atomic mass is 127. The molecule has 0 fully saturated rings. The fraction of sp³-hybridized carbons (Fsp3) is 0.368. The van der Waals surface area contributed by atoms with Crippen molar-refractivity contribution in [1.29, 1.82) is 0 Å². The SMILES string of the molecule is CN=C(NCCc1ccc(Cl)nc1)NCc1ccc(OCCOC)cc1.I. The van der Waals surface area contributed by atoms with Crippen LogP contribution in [0.25, 0.3) is 0 Å². The molecule has 0 amide bonds. The number of halogens is 2. The Balaban J connectivity index is 0.00000364. The first-order valence-corrected chi connectivity index (χ1v) is 8.84. The predicted octanol–water partition coefficient (Wildman–Crippen LogP) is 3.29. The highest BCUT2D eigenvalue weighted by Crippen LogP contribution is 2.12. The molecule has 0 bridgehead atoms. The van der Waals surface area contributed by atoms with Crippen LogP contribution in [0.15, 0.2) is 47.6 Å². The van der Waals surface area contributed by atoms with Gasteiger partial charge in [0.25, 0.3) is 0 Å². The van der Waals surface area contributed by atoms with Crippen molar-refractivity contribution in [1.82, 2.24) is 15.6 Å². The van der Waals surface area contributed by atoms with Crippen molar-refractivity contribution in [2.24, 2.45) is 4.99 Å². The van der Waals surface area contributed by atoms with Crippen LogP contribution in [0.1, 0.15) is 11.1 Å². The molecule has 0 aliphatic heterocycles. The van der Waals surface area contributed by atoms with E-state index in [9.17, 15) is 0 Å². The third-order valence-corrected chi connectivity index (χ3v) is 3.88. The summed E-state index contributed by atoms with van der Waals surface area (Å²) in [7, 11) is 3.41. The molecule has 0 aliphatic rings. The number of methoxy groups -OCH3 is 1. The average molecular weight is 505 g/mol. The number of pyridine rings is 1. The third kappa shape index (κ3) is 9.25. The molecule has 0 radical (unpaired) electrons. The van der Waals surface area contributed by atoms with Crippen molar-refractivity contribution in [3.8, 4) is 5.75 Å². The van der Waals surface area contributed by atoms with E-state index in [1.807, 2.05) is 30.3 Å². The van der Waals surface area contributed by atoms with Crippen LogP contribution in [0, 0.1) is 0 Å². The Hall–Kier alpha value is -1.58. The van der Waals surface area contributed by atoms with Crippen molar-refractivity contribution >= 4 is 41.5 Å². The normalized spacial score (nSPS) is 10.9. The molecule has 0 saturated heterocycles. The molecule has 2 N–H and O–H groups in total. The number of rotatable bonds is 9. The Bertz CT molecular complexity index is 681. The summed E-state index contributed by atoms with van der Waals surface area (Å²) in [6, 6.07) is 11.7. The minimum atomic E-state index is 0. The van der Waals surface area contributed by atoms with E-state index < -0.39 is 0 Å². The van der Waals surface area contributed by atoms with E-state index in [4.69, 9.17) is 21.1 Å². The fourth-order valence-electron chi connectivity index (χ4n) is 2.23. The molecule has 2 rings (SSSR count). The monoisotopic (exact) mass is 504 g/mol. The van der Waals surface area contributed by atoms with Crippen molar-refractivity contribution in [2.45, 2.75) is 13.0 Å². The second-order valence-corrected chi connectivity index (χ2v) is 5.96. The summed E-state index contributed by atoms with van der Waals surface area (Å²) in [5.74, 6) is 1.59. The van der Waals surface area contributed by atoms with Gasteiger partial charge in [0.2, 0.25) is 0 Å². The first-order chi connectivity index (χ1) is 12.7. The van der Waals surface area contributed by atoms with Gasteiger partial charge >= 0.3 is 0 Å². The Labute approximate surface area is 182 Å². The van der Waals surface area contributed by atoms with Crippen LogP contribution >= 0.6 is 35.6 Å². The lowest BCUT2D eigenvalue weighted by molar-refractivity contribution is 0.146. The minimum Gasteiger partial charge on any atom is -0.491 e. The molecule has 0 aliphatic carbocycles. The molecule has 8 heteroatoms. The Morgan fingerprint density at radius 1 is 1.07 bits per heavy atom. The van der Waals surface area contributed by atoms with Crippen molar-refractivity contribution in [3.05, 3.63) is 58.9 Å². The molecule has 6 nitrogen and oxygen atoms in total. The zero-order chi connectivity index (χ0) is 18.6. The highest BCUT2D eigenvalue weighted by Gasteiger charge is 2.00. The van der Waals surface area contributed by atoms with E-state index >= 15 is 0 Å². The summed E-state index contributed by atoms with van der Waals surface area (Å²) in [5, 5.41) is 7.09. The van der Waals surface area contributed by atoms with Gasteiger partial charge in [-0.1, -0.05) is 29.8 Å². The van der Waals surface area contributed by atoms with Gasteiger partial charge < -0.3 is 20.1 Å². The first-order valence-electron chi connectivity index (χ1n) is 8.47. The fourth-order valence-corrected chi connectivity index (χ4v) is 2.34. The third-order valence-electron chi connectivity index (χ3n) is 3.66. The van der Waals surface area contributed by atoms with Gasteiger partial charge in [-0.25, -0.2) is 4.98 Å². The number of ether oxygens (including phenoxy) is 2. The summed E-state index contributed by atoms with van der Waals surface area (Å²) < 4.78 is 10.5. The van der Waals surface area contributed by atoms with E-state index in [-0.39, 0.29) is 24.0 Å². The van der Waals surface area contributed by atoms with Gasteiger partial charge in [0, 0.05) is 33.4 Å². The van der Waals surface area contributed by atoms with E-state index in [0.29, 0.717) is 24.9 Å². The predicted molar refractivity (Wildman–Crippen MR) is 120 cm³/mol. The zero-order valence-corrected chi connectivity index (χ0v) is 18.7. The summed E-state index contributed by atoms with van der Waals surface area (Å²) in [5.41, 5.74) is 2.27. The first kappa shape index (κ1) is 23.5. The number of hydrogen-bond donors (Lipinski definition) is 2. The molecule has 1 heterocycles. The number of guanidine groups is 1. The number of hydrogen-bond acceptors (Lipinski definition) is 4. The van der Waals surface area contributed by atoms with E-state index in [2.05, 4.69) is 20.6 Å². The lowest BCUT2D eigenvalue weighted by Crippen LogP contribution is -2.37. The van der Waals surface area contributed by atoms with Crippen LogP contribution in [0.4, 0.5) is 0 Å². The van der Waals surface area contributed by atoms with Gasteiger partial charge in [-0.15, -0.1) is 24.0 Å². The van der Waals surface area contributed by atoms with Crippen LogP contribution in [-0.2, 0) is 17.7 Å². The number of nitrogens with zero attached hydrogens (tertiary/aromatic N) is 2. The Kier molecular flexibility index (Phi) is 11.8. The highest BCUT2D eigenvalue weighted by molar-refractivity contribution is 14.0. The second-order valence-electron chi connectivity index (χ2n) is 5.58. The standard InChI is InChI=1S/C19H25ClN4O2.HI/c1-21-19(22-10-9-16-5-8-18(20)23-13-16)24-14-15-3-6-17(7-4-15)26-12-11-25-2;/h3-8,13H,9-12,14H2,1-2H3,(H2,21,22,24);1H. The maximum absolute atomic E-state index is 5.79. The van der Waals surface area contributed by atoms with Crippen LogP contribution in [0.3, 0.4) is 0 Å². The van der Waals surface area contributed by atoms with Gasteiger partial charge in [0.05, 0.1) is 6.61 Å². The average Bonchev–Trinajstić information content (AvgIpc) is 2.67. The van der Waals surface area contributed by atoms with Crippen molar-refractivity contribution in [3.63, 3.8) is 0 Å². The van der Waals surface area contributed by atoms with Gasteiger partial charge in [-0.2, -0.15) is 0 Å². The van der Waals surface area contributed by atoms with Crippen LogP contribution in [0.5, 0.6) is 5.75 Å². The van der Waals surface area contributed by atoms with Gasteiger partial charge in [0.15, 0.2) is 5.96 Å². The summed E-state index contributed by atoms with van der Waals surface area (Å²) in [6.45, 7) is 2.57. The summed E-state index contributed by atoms with van der Waals surface area (Å²) in [6.07, 6.45) is 2.63.